The van der Waals surface area contributed by atoms with Gasteiger partial charge in [-0.2, -0.15) is 0 Å². The molecule has 2 aliphatic heterocycles. The molecule has 1 aromatic carbocycles. The fourth-order valence-corrected chi connectivity index (χ4v) is 5.40. The van der Waals surface area contributed by atoms with Gasteiger partial charge in [0.05, 0.1) is 28.9 Å². The number of hydrogen-bond acceptors (Lipinski definition) is 7. The van der Waals surface area contributed by atoms with Crippen molar-refractivity contribution in [3.63, 3.8) is 0 Å². The summed E-state index contributed by atoms with van der Waals surface area (Å²) in [6.45, 7) is 3.38. The van der Waals surface area contributed by atoms with Crippen molar-refractivity contribution in [3.8, 4) is 0 Å². The van der Waals surface area contributed by atoms with Gasteiger partial charge in [-0.25, -0.2) is 4.79 Å². The molecule has 10 heteroatoms. The third kappa shape index (κ3) is 3.41. The molecule has 9 nitrogen and oxygen atoms in total. The van der Waals surface area contributed by atoms with Crippen LogP contribution in [0.15, 0.2) is 34.9 Å². The number of amides is 1. The van der Waals surface area contributed by atoms with Crippen LogP contribution in [0.2, 0.25) is 0 Å². The molecule has 2 aliphatic rings. The topological polar surface area (TPSA) is 130 Å². The Balaban J connectivity index is 2.06. The van der Waals surface area contributed by atoms with Gasteiger partial charge in [-0.3, -0.25) is 14.9 Å². The van der Waals surface area contributed by atoms with Crippen molar-refractivity contribution in [1.82, 2.24) is 4.90 Å². The van der Waals surface area contributed by atoms with Gasteiger partial charge < -0.3 is 19.8 Å². The van der Waals surface area contributed by atoms with Crippen molar-refractivity contribution in [1.29, 1.82) is 0 Å². The minimum Gasteiger partial charge on any atom is -0.477 e. The van der Waals surface area contributed by atoms with Crippen LogP contribution in [0.1, 0.15) is 19.4 Å². The number of hydrogen-bond donors (Lipinski definition) is 2. The fourth-order valence-electron chi connectivity index (χ4n) is 4.32. The molecule has 4 atom stereocenters. The number of thioether (sulfide) groups is 1. The highest BCUT2D eigenvalue weighted by molar-refractivity contribution is 8.03. The van der Waals surface area contributed by atoms with Gasteiger partial charge in [-0.05, 0) is 18.9 Å². The predicted molar refractivity (Wildman–Crippen MR) is 105 cm³/mol. The van der Waals surface area contributed by atoms with Crippen LogP contribution in [-0.4, -0.2) is 57.1 Å². The monoisotopic (exact) mass is 422 g/mol. The van der Waals surface area contributed by atoms with Crippen LogP contribution in [-0.2, 0) is 20.7 Å². The van der Waals surface area contributed by atoms with Crippen molar-refractivity contribution >= 4 is 29.3 Å². The normalized spacial score (nSPS) is 26.9. The van der Waals surface area contributed by atoms with E-state index in [9.17, 15) is 29.9 Å². The molecule has 2 heterocycles. The van der Waals surface area contributed by atoms with Crippen LogP contribution in [0.4, 0.5) is 5.69 Å². The second-order valence-electron chi connectivity index (χ2n) is 7.47. The zero-order chi connectivity index (χ0) is 21.5. The quantitative estimate of drug-likeness (QED) is 0.282. The molecule has 29 heavy (non-hydrogen) atoms. The molecule has 3 rings (SSSR count). The number of fused-ring (bicyclic) bond motifs is 1. The molecule has 0 bridgehead atoms. The van der Waals surface area contributed by atoms with Crippen LogP contribution in [0.25, 0.3) is 0 Å². The summed E-state index contributed by atoms with van der Waals surface area (Å²) in [6, 6.07) is 5.53. The van der Waals surface area contributed by atoms with Crippen molar-refractivity contribution in [3.05, 3.63) is 50.5 Å². The highest BCUT2D eigenvalue weighted by atomic mass is 32.2. The fraction of sp³-hybridized carbons (Fsp3) is 0.474. The maximum absolute atomic E-state index is 12.6. The number of non-ortho nitro benzene ring substituents is 1. The number of benzene rings is 1. The summed E-state index contributed by atoms with van der Waals surface area (Å²) >= 11 is 1.21. The van der Waals surface area contributed by atoms with E-state index >= 15 is 0 Å². The molecule has 1 aromatic rings. The van der Waals surface area contributed by atoms with Crippen LogP contribution < -0.4 is 0 Å². The Hall–Kier alpha value is -2.43. The molecular formula is C19H22N2O7S. The summed E-state index contributed by atoms with van der Waals surface area (Å²) in [5.74, 6) is -2.13. The molecule has 0 radical (unpaired) electrons. The van der Waals surface area contributed by atoms with E-state index in [1.165, 1.54) is 42.8 Å². The third-order valence-corrected chi connectivity index (χ3v) is 6.83. The van der Waals surface area contributed by atoms with Crippen molar-refractivity contribution < 1.29 is 29.5 Å². The van der Waals surface area contributed by atoms with Crippen molar-refractivity contribution in [2.24, 2.45) is 11.3 Å². The van der Waals surface area contributed by atoms with E-state index in [1.807, 2.05) is 6.92 Å². The van der Waals surface area contributed by atoms with Crippen molar-refractivity contribution in [2.75, 3.05) is 13.0 Å². The largest absolute Gasteiger partial charge is 0.477 e. The standard InChI is InChI=1S/C19H22N2O7S/c1-10(22)13-15-19(2,8-11-4-6-12(7-5-11)21(26)27)16(29-9-28-3)14(18(24)25)20(15)17(13)23/h4-7,10,13,15,22H,8-9H2,1-3H3,(H,24,25)/t10?,13-,15+,19-/m1/s1. The first-order valence-corrected chi connectivity index (χ1v) is 9.96. The number of rotatable bonds is 8. The summed E-state index contributed by atoms with van der Waals surface area (Å²) in [5, 5.41) is 30.9. The van der Waals surface area contributed by atoms with Gasteiger partial charge in [-0.1, -0.05) is 30.8 Å². The lowest BCUT2D eigenvalue weighted by molar-refractivity contribution is -0.384. The molecule has 1 amide bonds. The SMILES string of the molecule is COCSC1=C(C(=O)O)N2C(=O)[C@H](C(C)O)[C@H]2[C@@]1(C)Cc1ccc([N+](=O)[O-])cc1. The van der Waals surface area contributed by atoms with Gasteiger partial charge >= 0.3 is 5.97 Å². The van der Waals surface area contributed by atoms with Gasteiger partial charge in [0, 0.05) is 29.6 Å². The molecule has 0 spiro atoms. The highest BCUT2D eigenvalue weighted by Gasteiger charge is 2.66. The Bertz CT molecular complexity index is 883. The van der Waals surface area contributed by atoms with E-state index in [2.05, 4.69) is 0 Å². The number of aliphatic hydroxyl groups is 1. The molecule has 0 aromatic heterocycles. The maximum Gasteiger partial charge on any atom is 0.353 e. The third-order valence-electron chi connectivity index (χ3n) is 5.53. The Morgan fingerprint density at radius 2 is 2.03 bits per heavy atom. The number of nitro benzene ring substituents is 1. The molecule has 1 unspecified atom stereocenters. The lowest BCUT2D eigenvalue weighted by Gasteiger charge is -2.51. The average Bonchev–Trinajstić information content (AvgIpc) is 2.85. The zero-order valence-electron chi connectivity index (χ0n) is 16.2. The second-order valence-corrected chi connectivity index (χ2v) is 8.40. The minimum absolute atomic E-state index is 0.0385. The highest BCUT2D eigenvalue weighted by Crippen LogP contribution is 2.58. The van der Waals surface area contributed by atoms with E-state index in [0.717, 1.165) is 5.56 Å². The Morgan fingerprint density at radius 1 is 1.41 bits per heavy atom. The number of carbonyl (C=O) groups is 2. The Labute approximate surface area is 171 Å². The molecular weight excluding hydrogens is 400 g/mol. The maximum atomic E-state index is 12.6. The minimum atomic E-state index is -1.21. The van der Waals surface area contributed by atoms with Gasteiger partial charge in [0.25, 0.3) is 5.69 Å². The number of carboxylic acids is 1. The Kier molecular flexibility index (Phi) is 5.70. The first-order valence-electron chi connectivity index (χ1n) is 8.97. The molecule has 1 saturated heterocycles. The van der Waals surface area contributed by atoms with Crippen LogP contribution in [0.5, 0.6) is 0 Å². The summed E-state index contributed by atoms with van der Waals surface area (Å²) in [5.41, 5.74) is -0.140. The molecule has 1 fully saturated rings. The molecule has 2 N–H and O–H groups in total. The summed E-state index contributed by atoms with van der Waals surface area (Å²) < 4.78 is 5.12. The lowest BCUT2D eigenvalue weighted by atomic mass is 9.67. The van der Waals surface area contributed by atoms with E-state index in [-0.39, 0.29) is 17.3 Å². The van der Waals surface area contributed by atoms with E-state index in [0.29, 0.717) is 11.3 Å². The van der Waals surface area contributed by atoms with Gasteiger partial charge in [0.1, 0.15) is 5.70 Å². The van der Waals surface area contributed by atoms with Crippen LogP contribution >= 0.6 is 11.8 Å². The predicted octanol–water partition coefficient (Wildman–Crippen LogP) is 2.00. The van der Waals surface area contributed by atoms with E-state index in [4.69, 9.17) is 4.74 Å². The zero-order valence-corrected chi connectivity index (χ0v) is 17.0. The smallest absolute Gasteiger partial charge is 0.353 e. The number of nitrogens with zero attached hydrogens (tertiary/aromatic N) is 2. The number of ether oxygens (including phenoxy) is 1. The van der Waals surface area contributed by atoms with Gasteiger partial charge in [0.15, 0.2) is 0 Å². The number of β-lactam (4-membered cyclic amide) rings is 1. The number of aliphatic carboxylic acids is 1. The average molecular weight is 422 g/mol. The summed E-state index contributed by atoms with van der Waals surface area (Å²) in [7, 11) is 1.50. The number of nitro groups is 1. The Morgan fingerprint density at radius 3 is 2.52 bits per heavy atom. The first-order chi connectivity index (χ1) is 13.6. The van der Waals surface area contributed by atoms with Crippen LogP contribution in [0, 0.1) is 21.4 Å². The first kappa shape index (κ1) is 21.3. The summed E-state index contributed by atoms with van der Waals surface area (Å²) in [4.78, 5) is 36.8. The van der Waals surface area contributed by atoms with E-state index in [1.54, 1.807) is 12.1 Å². The number of carbonyl (C=O) groups excluding carboxylic acids is 1. The van der Waals surface area contributed by atoms with E-state index < -0.39 is 40.3 Å². The number of aliphatic hydroxyl groups excluding tert-OH is 1. The summed E-state index contributed by atoms with van der Waals surface area (Å²) in [6.07, 6.45) is -0.576. The molecule has 0 aliphatic carbocycles. The second kappa shape index (κ2) is 7.77. The number of methoxy groups -OCH3 is 1. The number of carboxylic acid groups (broad SMARTS) is 1. The van der Waals surface area contributed by atoms with Crippen LogP contribution in [0.3, 0.4) is 0 Å². The van der Waals surface area contributed by atoms with Gasteiger partial charge in [-0.15, -0.1) is 0 Å². The van der Waals surface area contributed by atoms with Gasteiger partial charge in [0.2, 0.25) is 5.91 Å². The molecule has 156 valence electrons. The molecule has 0 saturated carbocycles. The lowest BCUT2D eigenvalue weighted by Crippen LogP contribution is -2.66. The van der Waals surface area contributed by atoms with Crippen molar-refractivity contribution in [2.45, 2.75) is 32.4 Å².